The third kappa shape index (κ3) is 2.60. The number of nitrogens with one attached hydrogen (secondary N) is 2. The van der Waals surface area contributed by atoms with Crippen LogP contribution in [0.4, 0.5) is 5.69 Å². The van der Waals surface area contributed by atoms with Gasteiger partial charge in [0.25, 0.3) is 11.5 Å². The van der Waals surface area contributed by atoms with E-state index in [1.54, 1.807) is 24.0 Å². The van der Waals surface area contributed by atoms with Crippen LogP contribution in [0.2, 0.25) is 0 Å². The topological polar surface area (TPSA) is 65.2 Å². The maximum absolute atomic E-state index is 12.7. The molecule has 0 saturated heterocycles. The van der Waals surface area contributed by atoms with Crippen molar-refractivity contribution in [3.8, 4) is 0 Å². The summed E-state index contributed by atoms with van der Waals surface area (Å²) < 4.78 is 0. The van der Waals surface area contributed by atoms with Crippen LogP contribution in [0.15, 0.2) is 41.2 Å². The molecule has 21 heavy (non-hydrogen) atoms. The van der Waals surface area contributed by atoms with E-state index in [9.17, 15) is 9.59 Å². The van der Waals surface area contributed by atoms with Crippen molar-refractivity contribution in [3.63, 3.8) is 0 Å². The summed E-state index contributed by atoms with van der Waals surface area (Å²) in [5.74, 6) is -0.257. The number of H-pyrrole nitrogens is 1. The molecule has 1 aromatic heterocycles. The van der Waals surface area contributed by atoms with Crippen molar-refractivity contribution in [1.29, 1.82) is 0 Å². The number of aryl methyl sites for hydroxylation is 1. The van der Waals surface area contributed by atoms with Crippen LogP contribution in [-0.4, -0.2) is 24.0 Å². The Kier molecular flexibility index (Phi) is 3.58. The summed E-state index contributed by atoms with van der Waals surface area (Å²) in [5, 5.41) is 3.28. The highest BCUT2D eigenvalue weighted by atomic mass is 16.2. The van der Waals surface area contributed by atoms with E-state index in [1.807, 2.05) is 24.3 Å². The van der Waals surface area contributed by atoms with Gasteiger partial charge in [0.05, 0.1) is 0 Å². The second-order valence-electron chi connectivity index (χ2n) is 5.15. The smallest absolute Gasteiger partial charge is 0.263 e. The molecule has 0 saturated carbocycles. The Morgan fingerprint density at radius 1 is 1.19 bits per heavy atom. The van der Waals surface area contributed by atoms with Crippen molar-refractivity contribution in [3.05, 3.63) is 63.6 Å². The zero-order valence-electron chi connectivity index (χ0n) is 11.8. The van der Waals surface area contributed by atoms with Crippen molar-refractivity contribution in [2.45, 2.75) is 13.5 Å². The molecular formula is C16H17N3O2. The van der Waals surface area contributed by atoms with E-state index in [4.69, 9.17) is 0 Å². The zero-order valence-corrected chi connectivity index (χ0v) is 11.8. The molecular weight excluding hydrogens is 266 g/mol. The lowest BCUT2D eigenvalue weighted by Gasteiger charge is -2.22. The Hall–Kier alpha value is -2.40. The number of aromatic amines is 1. The van der Waals surface area contributed by atoms with Gasteiger partial charge in [0.2, 0.25) is 0 Å². The van der Waals surface area contributed by atoms with Crippen molar-refractivity contribution >= 4 is 11.6 Å². The number of benzene rings is 1. The van der Waals surface area contributed by atoms with E-state index >= 15 is 0 Å². The molecule has 2 heterocycles. The number of para-hydroxylation sites is 1. The standard InChI is InChI=1S/C16H17N3O2/c1-11-6-7-13(15(20)18-11)16(21)19-9-8-17-10-12-4-2-3-5-14(12)19/h2-7,17H,8-10H2,1H3,(H,18,20). The number of carbonyl (C=O) groups is 1. The van der Waals surface area contributed by atoms with Crippen molar-refractivity contribution in [2.75, 3.05) is 18.0 Å². The van der Waals surface area contributed by atoms with E-state index in [1.165, 1.54) is 0 Å². The Morgan fingerprint density at radius 3 is 2.81 bits per heavy atom. The van der Waals surface area contributed by atoms with Crippen LogP contribution in [0.5, 0.6) is 0 Å². The van der Waals surface area contributed by atoms with Crippen molar-refractivity contribution in [1.82, 2.24) is 10.3 Å². The molecule has 1 aliphatic rings. The monoisotopic (exact) mass is 283 g/mol. The Labute approximate surface area is 122 Å². The van der Waals surface area contributed by atoms with Gasteiger partial charge in [-0.1, -0.05) is 18.2 Å². The van der Waals surface area contributed by atoms with Crippen LogP contribution >= 0.6 is 0 Å². The van der Waals surface area contributed by atoms with Gasteiger partial charge in [-0.15, -0.1) is 0 Å². The molecule has 0 atom stereocenters. The number of hydrogen-bond donors (Lipinski definition) is 2. The molecule has 3 rings (SSSR count). The molecule has 0 radical (unpaired) electrons. The van der Waals surface area contributed by atoms with Gasteiger partial charge in [0.1, 0.15) is 5.56 Å². The van der Waals surface area contributed by atoms with Gasteiger partial charge in [-0.2, -0.15) is 0 Å². The van der Waals surface area contributed by atoms with E-state index in [-0.39, 0.29) is 17.0 Å². The fraction of sp³-hybridized carbons (Fsp3) is 0.250. The second kappa shape index (κ2) is 5.54. The maximum atomic E-state index is 12.7. The predicted octanol–water partition coefficient (Wildman–Crippen LogP) is 1.43. The molecule has 0 unspecified atom stereocenters. The lowest BCUT2D eigenvalue weighted by atomic mass is 10.1. The third-order valence-electron chi connectivity index (χ3n) is 3.64. The summed E-state index contributed by atoms with van der Waals surface area (Å²) in [6, 6.07) is 11.1. The largest absolute Gasteiger partial charge is 0.326 e. The third-order valence-corrected chi connectivity index (χ3v) is 3.64. The summed E-state index contributed by atoms with van der Waals surface area (Å²) in [4.78, 5) is 29.1. The van der Waals surface area contributed by atoms with Gasteiger partial charge < -0.3 is 15.2 Å². The SMILES string of the molecule is Cc1ccc(C(=O)N2CCNCc3ccccc32)c(=O)[nH]1. The summed E-state index contributed by atoms with van der Waals surface area (Å²) >= 11 is 0. The maximum Gasteiger partial charge on any atom is 0.263 e. The molecule has 5 heteroatoms. The number of fused-ring (bicyclic) bond motifs is 1. The van der Waals surface area contributed by atoms with Crippen LogP contribution in [0, 0.1) is 6.92 Å². The number of nitrogens with zero attached hydrogens (tertiary/aromatic N) is 1. The first kappa shape index (κ1) is 13.6. The molecule has 1 aromatic carbocycles. The Morgan fingerprint density at radius 2 is 2.00 bits per heavy atom. The van der Waals surface area contributed by atoms with Gasteiger partial charge >= 0.3 is 0 Å². The molecule has 1 aliphatic heterocycles. The van der Waals surface area contributed by atoms with Crippen LogP contribution < -0.4 is 15.8 Å². The van der Waals surface area contributed by atoms with Crippen molar-refractivity contribution < 1.29 is 4.79 Å². The number of aromatic nitrogens is 1. The average molecular weight is 283 g/mol. The second-order valence-corrected chi connectivity index (χ2v) is 5.15. The van der Waals surface area contributed by atoms with E-state index in [2.05, 4.69) is 10.3 Å². The summed E-state index contributed by atoms with van der Waals surface area (Å²) in [7, 11) is 0. The van der Waals surface area contributed by atoms with E-state index in [0.29, 0.717) is 13.1 Å². The molecule has 1 amide bonds. The van der Waals surface area contributed by atoms with E-state index < -0.39 is 0 Å². The molecule has 0 aliphatic carbocycles. The van der Waals surface area contributed by atoms with Gasteiger partial charge in [0.15, 0.2) is 0 Å². The number of hydrogen-bond acceptors (Lipinski definition) is 3. The highest BCUT2D eigenvalue weighted by Crippen LogP contribution is 2.23. The molecule has 0 spiro atoms. The minimum Gasteiger partial charge on any atom is -0.326 e. The lowest BCUT2D eigenvalue weighted by molar-refractivity contribution is 0.0986. The lowest BCUT2D eigenvalue weighted by Crippen LogP contribution is -2.37. The minimum absolute atomic E-state index is 0.178. The molecule has 108 valence electrons. The normalized spacial score (nSPS) is 14.4. The summed E-state index contributed by atoms with van der Waals surface area (Å²) in [5.41, 5.74) is 2.51. The van der Waals surface area contributed by atoms with Crippen LogP contribution in [0.3, 0.4) is 0 Å². The molecule has 2 aromatic rings. The van der Waals surface area contributed by atoms with Gasteiger partial charge in [-0.25, -0.2) is 0 Å². The average Bonchev–Trinajstić information content (AvgIpc) is 2.69. The van der Waals surface area contributed by atoms with Gasteiger partial charge in [0, 0.05) is 31.0 Å². The number of anilines is 1. The van der Waals surface area contributed by atoms with Gasteiger partial charge in [-0.05, 0) is 30.7 Å². The van der Waals surface area contributed by atoms with Crippen molar-refractivity contribution in [2.24, 2.45) is 0 Å². The fourth-order valence-electron chi connectivity index (χ4n) is 2.55. The Bertz CT molecular complexity index is 736. The first-order valence-corrected chi connectivity index (χ1v) is 6.97. The Balaban J connectivity index is 2.03. The molecule has 0 fully saturated rings. The number of pyridine rings is 1. The quantitative estimate of drug-likeness (QED) is 0.832. The first-order valence-electron chi connectivity index (χ1n) is 6.97. The first-order chi connectivity index (χ1) is 10.2. The molecule has 5 nitrogen and oxygen atoms in total. The van der Waals surface area contributed by atoms with Crippen LogP contribution in [0.1, 0.15) is 21.6 Å². The van der Waals surface area contributed by atoms with Gasteiger partial charge in [-0.3, -0.25) is 9.59 Å². The predicted molar refractivity (Wildman–Crippen MR) is 81.6 cm³/mol. The highest BCUT2D eigenvalue weighted by molar-refractivity contribution is 6.06. The van der Waals surface area contributed by atoms with Crippen LogP contribution in [-0.2, 0) is 6.54 Å². The number of rotatable bonds is 1. The fourth-order valence-corrected chi connectivity index (χ4v) is 2.55. The summed E-state index contributed by atoms with van der Waals surface area (Å²) in [6.45, 7) is 3.76. The number of carbonyl (C=O) groups excluding carboxylic acids is 1. The molecule has 2 N–H and O–H groups in total. The number of amides is 1. The molecule has 0 bridgehead atoms. The zero-order chi connectivity index (χ0) is 14.8. The van der Waals surface area contributed by atoms with Crippen LogP contribution in [0.25, 0.3) is 0 Å². The minimum atomic E-state index is -0.338. The summed E-state index contributed by atoms with van der Waals surface area (Å²) in [6.07, 6.45) is 0. The van der Waals surface area contributed by atoms with E-state index in [0.717, 1.165) is 23.5 Å². The highest BCUT2D eigenvalue weighted by Gasteiger charge is 2.23.